The predicted molar refractivity (Wildman–Crippen MR) is 104 cm³/mol. The predicted octanol–water partition coefficient (Wildman–Crippen LogP) is 0.805. The fourth-order valence-corrected chi connectivity index (χ4v) is 3.58. The molecular weight excluding hydrogens is 366 g/mol. The van der Waals surface area contributed by atoms with E-state index in [-0.39, 0.29) is 11.8 Å². The van der Waals surface area contributed by atoms with Crippen LogP contribution >= 0.6 is 0 Å². The zero-order valence-corrected chi connectivity index (χ0v) is 16.4. The summed E-state index contributed by atoms with van der Waals surface area (Å²) < 4.78 is 5.02. The first-order valence-corrected chi connectivity index (χ1v) is 9.68. The lowest BCUT2D eigenvalue weighted by Crippen LogP contribution is -2.49. The van der Waals surface area contributed by atoms with Crippen molar-refractivity contribution in [3.05, 3.63) is 16.4 Å². The molecule has 3 rings (SSSR count). The van der Waals surface area contributed by atoms with Crippen molar-refractivity contribution in [1.82, 2.24) is 19.8 Å². The summed E-state index contributed by atoms with van der Waals surface area (Å²) in [4.78, 5) is 39.5. The van der Waals surface area contributed by atoms with E-state index in [1.54, 1.807) is 11.8 Å². The number of nitro groups is 1. The summed E-state index contributed by atoms with van der Waals surface area (Å²) in [5.41, 5.74) is -0.0583. The van der Waals surface area contributed by atoms with Crippen molar-refractivity contribution >= 4 is 23.4 Å². The molecule has 0 atom stereocenters. The molecule has 0 spiro atoms. The second kappa shape index (κ2) is 9.00. The molecule has 2 aliphatic rings. The zero-order chi connectivity index (χ0) is 20.1. The van der Waals surface area contributed by atoms with Gasteiger partial charge in [-0.05, 0) is 13.5 Å². The molecule has 1 amide bonds. The van der Waals surface area contributed by atoms with Crippen LogP contribution in [0.25, 0.3) is 0 Å². The van der Waals surface area contributed by atoms with Gasteiger partial charge in [-0.1, -0.05) is 6.92 Å². The van der Waals surface area contributed by atoms with Crippen LogP contribution in [0.3, 0.4) is 0 Å². The Morgan fingerprint density at radius 2 is 1.57 bits per heavy atom. The second-order valence-corrected chi connectivity index (χ2v) is 6.72. The highest BCUT2D eigenvalue weighted by Crippen LogP contribution is 2.35. The topological polar surface area (TPSA) is 108 Å². The summed E-state index contributed by atoms with van der Waals surface area (Å²) in [6, 6.07) is 0. The monoisotopic (exact) mass is 393 g/mol. The number of likely N-dealkylation sites (N-methyl/N-ethyl adjacent to an activating group) is 1. The van der Waals surface area contributed by atoms with Crippen LogP contribution in [0.15, 0.2) is 6.33 Å². The molecule has 2 fully saturated rings. The molecule has 0 aromatic carbocycles. The van der Waals surface area contributed by atoms with Crippen LogP contribution in [-0.2, 0) is 4.74 Å². The van der Waals surface area contributed by atoms with Gasteiger partial charge in [-0.25, -0.2) is 14.8 Å². The van der Waals surface area contributed by atoms with Crippen LogP contribution in [0.1, 0.15) is 13.8 Å². The molecule has 11 heteroatoms. The van der Waals surface area contributed by atoms with Crippen LogP contribution in [-0.4, -0.2) is 96.3 Å². The van der Waals surface area contributed by atoms with Gasteiger partial charge in [0.25, 0.3) is 0 Å². The maximum absolute atomic E-state index is 11.9. The molecule has 2 aliphatic heterocycles. The normalized spacial score (nSPS) is 18.3. The first-order chi connectivity index (χ1) is 13.5. The molecule has 0 radical (unpaired) electrons. The Bertz CT molecular complexity index is 701. The molecule has 0 unspecified atom stereocenters. The van der Waals surface area contributed by atoms with Crippen molar-refractivity contribution in [2.45, 2.75) is 13.8 Å². The highest BCUT2D eigenvalue weighted by molar-refractivity contribution is 5.72. The summed E-state index contributed by atoms with van der Waals surface area (Å²) in [6.45, 7) is 10.0. The van der Waals surface area contributed by atoms with Crippen LogP contribution in [0.5, 0.6) is 0 Å². The lowest BCUT2D eigenvalue weighted by Gasteiger charge is -2.36. The number of carbonyl (C=O) groups is 1. The molecule has 28 heavy (non-hydrogen) atoms. The molecule has 2 saturated heterocycles. The molecule has 1 aromatic rings. The maximum atomic E-state index is 11.9. The van der Waals surface area contributed by atoms with Gasteiger partial charge in [-0.2, -0.15) is 0 Å². The molecule has 0 aliphatic carbocycles. The SMILES string of the molecule is CCOC(=O)N1CCN(c2ncnc(N3CCN(CC)CC3)c2[N+](=O)[O-])CC1. The summed E-state index contributed by atoms with van der Waals surface area (Å²) >= 11 is 0. The molecule has 3 heterocycles. The number of hydrogen-bond acceptors (Lipinski definition) is 9. The standard InChI is InChI=1S/C17H27N7O4/c1-3-20-5-7-21(8-6-20)15-14(24(26)27)16(19-13-18-15)22-9-11-23(12-10-22)17(25)28-4-2/h13H,3-12H2,1-2H3. The summed E-state index contributed by atoms with van der Waals surface area (Å²) in [7, 11) is 0. The van der Waals surface area contributed by atoms with Crippen molar-refractivity contribution in [3.63, 3.8) is 0 Å². The third-order valence-corrected chi connectivity index (χ3v) is 5.19. The van der Waals surface area contributed by atoms with E-state index in [4.69, 9.17) is 4.74 Å². The van der Waals surface area contributed by atoms with E-state index in [0.717, 1.165) is 19.6 Å². The van der Waals surface area contributed by atoms with E-state index in [1.165, 1.54) is 6.33 Å². The Hall–Kier alpha value is -2.69. The number of aromatic nitrogens is 2. The van der Waals surface area contributed by atoms with Crippen molar-refractivity contribution in [2.75, 3.05) is 75.3 Å². The van der Waals surface area contributed by atoms with E-state index in [2.05, 4.69) is 21.8 Å². The Kier molecular flexibility index (Phi) is 6.45. The fraction of sp³-hybridized carbons (Fsp3) is 0.706. The molecule has 11 nitrogen and oxygen atoms in total. The number of amides is 1. The Morgan fingerprint density at radius 3 is 2.04 bits per heavy atom. The average molecular weight is 393 g/mol. The van der Waals surface area contributed by atoms with E-state index < -0.39 is 4.92 Å². The van der Waals surface area contributed by atoms with Crippen LogP contribution < -0.4 is 9.80 Å². The van der Waals surface area contributed by atoms with Crippen LogP contribution in [0, 0.1) is 10.1 Å². The van der Waals surface area contributed by atoms with Crippen molar-refractivity contribution in [2.24, 2.45) is 0 Å². The minimum absolute atomic E-state index is 0.0583. The first kappa shape index (κ1) is 20.1. The van der Waals surface area contributed by atoms with Gasteiger partial charge in [0, 0.05) is 52.4 Å². The number of rotatable bonds is 5. The van der Waals surface area contributed by atoms with Gasteiger partial charge in [0.2, 0.25) is 11.6 Å². The third-order valence-electron chi connectivity index (χ3n) is 5.19. The minimum atomic E-state index is -0.394. The largest absolute Gasteiger partial charge is 0.450 e. The number of piperazine rings is 2. The summed E-state index contributed by atoms with van der Waals surface area (Å²) in [6.07, 6.45) is 1.04. The van der Waals surface area contributed by atoms with Gasteiger partial charge < -0.3 is 24.3 Å². The number of nitrogens with zero attached hydrogens (tertiary/aromatic N) is 7. The van der Waals surface area contributed by atoms with Crippen molar-refractivity contribution in [3.8, 4) is 0 Å². The molecule has 0 N–H and O–H groups in total. The summed E-state index contributed by atoms with van der Waals surface area (Å²) in [5.74, 6) is 0.690. The van der Waals surface area contributed by atoms with Gasteiger partial charge in [0.05, 0.1) is 11.5 Å². The number of anilines is 2. The number of ether oxygens (including phenoxy) is 1. The van der Waals surface area contributed by atoms with E-state index in [1.807, 2.05) is 9.80 Å². The molecule has 154 valence electrons. The quantitative estimate of drug-likeness (QED) is 0.530. The van der Waals surface area contributed by atoms with Crippen molar-refractivity contribution in [1.29, 1.82) is 0 Å². The highest BCUT2D eigenvalue weighted by atomic mass is 16.6. The average Bonchev–Trinajstić information content (AvgIpc) is 2.73. The van der Waals surface area contributed by atoms with Crippen LogP contribution in [0.4, 0.5) is 22.1 Å². The smallest absolute Gasteiger partial charge is 0.409 e. The van der Waals surface area contributed by atoms with Gasteiger partial charge in [0.15, 0.2) is 0 Å². The lowest BCUT2D eigenvalue weighted by atomic mass is 10.2. The number of carbonyl (C=O) groups excluding carboxylic acids is 1. The maximum Gasteiger partial charge on any atom is 0.409 e. The Morgan fingerprint density at radius 1 is 1.04 bits per heavy atom. The van der Waals surface area contributed by atoms with E-state index in [0.29, 0.717) is 57.5 Å². The molecule has 0 bridgehead atoms. The Labute approximate surface area is 164 Å². The van der Waals surface area contributed by atoms with E-state index >= 15 is 0 Å². The van der Waals surface area contributed by atoms with Gasteiger partial charge in [0.1, 0.15) is 6.33 Å². The Balaban J connectivity index is 1.77. The molecule has 0 saturated carbocycles. The number of hydrogen-bond donors (Lipinski definition) is 0. The van der Waals surface area contributed by atoms with Crippen molar-refractivity contribution < 1.29 is 14.5 Å². The minimum Gasteiger partial charge on any atom is -0.450 e. The van der Waals surface area contributed by atoms with Gasteiger partial charge >= 0.3 is 11.8 Å². The van der Waals surface area contributed by atoms with Crippen LogP contribution in [0.2, 0.25) is 0 Å². The molecule has 1 aromatic heterocycles. The molecular formula is C17H27N7O4. The first-order valence-electron chi connectivity index (χ1n) is 9.68. The fourth-order valence-electron chi connectivity index (χ4n) is 3.58. The van der Waals surface area contributed by atoms with Gasteiger partial charge in [-0.15, -0.1) is 0 Å². The van der Waals surface area contributed by atoms with E-state index in [9.17, 15) is 14.9 Å². The van der Waals surface area contributed by atoms with Gasteiger partial charge in [-0.3, -0.25) is 10.1 Å². The third kappa shape index (κ3) is 4.24. The zero-order valence-electron chi connectivity index (χ0n) is 16.4. The highest BCUT2D eigenvalue weighted by Gasteiger charge is 2.33. The second-order valence-electron chi connectivity index (χ2n) is 6.72. The lowest BCUT2D eigenvalue weighted by molar-refractivity contribution is -0.383. The summed E-state index contributed by atoms with van der Waals surface area (Å²) in [5, 5.41) is 11.9.